The molecule has 0 aliphatic heterocycles. The van der Waals surface area contributed by atoms with Crippen molar-refractivity contribution in [2.45, 2.75) is 32.6 Å². The molecule has 0 amide bonds. The SMILES string of the molecule is CCCCC(=O)Cc1ccc(Oc2ccc(Cl)cc2)cc1. The molecule has 2 nitrogen and oxygen atoms in total. The maximum Gasteiger partial charge on any atom is 0.137 e. The van der Waals surface area contributed by atoms with Gasteiger partial charge in [-0.3, -0.25) is 4.79 Å². The van der Waals surface area contributed by atoms with E-state index in [1.165, 1.54) is 0 Å². The van der Waals surface area contributed by atoms with E-state index in [1.54, 1.807) is 12.1 Å². The van der Waals surface area contributed by atoms with Crippen LogP contribution in [0.1, 0.15) is 31.7 Å². The summed E-state index contributed by atoms with van der Waals surface area (Å²) in [6.45, 7) is 2.09. The van der Waals surface area contributed by atoms with Crippen molar-refractivity contribution >= 4 is 17.4 Å². The van der Waals surface area contributed by atoms with Crippen LogP contribution in [-0.2, 0) is 11.2 Å². The fraction of sp³-hybridized carbons (Fsp3) is 0.278. The maximum absolute atomic E-state index is 11.7. The van der Waals surface area contributed by atoms with Crippen molar-refractivity contribution in [3.63, 3.8) is 0 Å². The van der Waals surface area contributed by atoms with Crippen LogP contribution < -0.4 is 4.74 Å². The van der Waals surface area contributed by atoms with Gasteiger partial charge in [-0.15, -0.1) is 0 Å². The number of halogens is 1. The molecule has 3 heteroatoms. The Bertz CT molecular complexity index is 573. The zero-order valence-corrected chi connectivity index (χ0v) is 12.9. The summed E-state index contributed by atoms with van der Waals surface area (Å²) in [6.07, 6.45) is 3.19. The molecule has 0 radical (unpaired) electrons. The quantitative estimate of drug-likeness (QED) is 0.681. The van der Waals surface area contributed by atoms with Crippen molar-refractivity contribution in [2.75, 3.05) is 0 Å². The van der Waals surface area contributed by atoms with Crippen LogP contribution in [0, 0.1) is 0 Å². The summed E-state index contributed by atoms with van der Waals surface area (Å²) in [5, 5.41) is 0.684. The molecule has 2 rings (SSSR count). The molecule has 0 aliphatic carbocycles. The first-order valence-corrected chi connectivity index (χ1v) is 7.59. The average molecular weight is 303 g/mol. The van der Waals surface area contributed by atoms with Gasteiger partial charge in [0.1, 0.15) is 17.3 Å². The highest BCUT2D eigenvalue weighted by Gasteiger charge is 2.04. The minimum atomic E-state index is 0.295. The molecule has 0 atom stereocenters. The predicted molar refractivity (Wildman–Crippen MR) is 86.2 cm³/mol. The lowest BCUT2D eigenvalue weighted by Crippen LogP contribution is -2.02. The fourth-order valence-corrected chi connectivity index (χ4v) is 2.13. The van der Waals surface area contributed by atoms with Gasteiger partial charge < -0.3 is 4.74 Å². The fourth-order valence-electron chi connectivity index (χ4n) is 2.00. The van der Waals surface area contributed by atoms with Gasteiger partial charge in [-0.05, 0) is 48.4 Å². The highest BCUT2D eigenvalue weighted by Crippen LogP contribution is 2.23. The van der Waals surface area contributed by atoms with Crippen LogP contribution in [0.2, 0.25) is 5.02 Å². The van der Waals surface area contributed by atoms with E-state index in [0.29, 0.717) is 23.6 Å². The van der Waals surface area contributed by atoms with E-state index in [4.69, 9.17) is 16.3 Å². The molecule has 2 aromatic carbocycles. The van der Waals surface area contributed by atoms with Crippen molar-refractivity contribution < 1.29 is 9.53 Å². The molecular formula is C18H19ClO2. The second-order valence-corrected chi connectivity index (χ2v) is 5.46. The van der Waals surface area contributed by atoms with Gasteiger partial charge in [0.2, 0.25) is 0 Å². The van der Waals surface area contributed by atoms with Crippen LogP contribution in [0.5, 0.6) is 11.5 Å². The molecule has 0 heterocycles. The molecule has 0 saturated carbocycles. The first-order valence-electron chi connectivity index (χ1n) is 7.21. The number of carbonyl (C=O) groups excluding carboxylic acids is 1. The number of carbonyl (C=O) groups is 1. The number of benzene rings is 2. The Hall–Kier alpha value is -1.80. The number of ketones is 1. The highest BCUT2D eigenvalue weighted by atomic mass is 35.5. The number of ether oxygens (including phenoxy) is 1. The summed E-state index contributed by atoms with van der Waals surface area (Å²) in [7, 11) is 0. The molecule has 0 N–H and O–H groups in total. The van der Waals surface area contributed by atoms with Crippen LogP contribution in [-0.4, -0.2) is 5.78 Å². The van der Waals surface area contributed by atoms with Gasteiger partial charge in [-0.25, -0.2) is 0 Å². The summed E-state index contributed by atoms with van der Waals surface area (Å²) in [5.74, 6) is 1.79. The second kappa shape index (κ2) is 7.84. The topological polar surface area (TPSA) is 26.3 Å². The molecule has 0 fully saturated rings. The van der Waals surface area contributed by atoms with E-state index >= 15 is 0 Å². The number of hydrogen-bond acceptors (Lipinski definition) is 2. The van der Waals surface area contributed by atoms with Gasteiger partial charge in [-0.1, -0.05) is 37.1 Å². The van der Waals surface area contributed by atoms with Crippen LogP contribution >= 0.6 is 11.6 Å². The number of unbranched alkanes of at least 4 members (excludes halogenated alkanes) is 1. The van der Waals surface area contributed by atoms with Gasteiger partial charge >= 0.3 is 0 Å². The third kappa shape index (κ3) is 5.24. The molecule has 0 bridgehead atoms. The molecule has 0 saturated heterocycles. The third-order valence-corrected chi connectivity index (χ3v) is 3.44. The Kier molecular flexibility index (Phi) is 5.82. The molecule has 110 valence electrons. The number of hydrogen-bond donors (Lipinski definition) is 0. The van der Waals surface area contributed by atoms with Crippen LogP contribution in [0.25, 0.3) is 0 Å². The zero-order valence-electron chi connectivity index (χ0n) is 12.1. The Morgan fingerprint density at radius 2 is 1.57 bits per heavy atom. The van der Waals surface area contributed by atoms with Crippen molar-refractivity contribution in [3.05, 3.63) is 59.1 Å². The second-order valence-electron chi connectivity index (χ2n) is 5.02. The van der Waals surface area contributed by atoms with E-state index in [9.17, 15) is 4.79 Å². The first kappa shape index (κ1) is 15.6. The number of rotatable bonds is 7. The van der Waals surface area contributed by atoms with Crippen LogP contribution in [0.4, 0.5) is 0 Å². The lowest BCUT2D eigenvalue weighted by Gasteiger charge is -2.07. The number of Topliss-reactive ketones (excluding diaryl/α,β-unsaturated/α-hetero) is 1. The van der Waals surface area contributed by atoms with E-state index in [1.807, 2.05) is 36.4 Å². The molecule has 0 aromatic heterocycles. The standard InChI is InChI=1S/C18H19ClO2/c1-2-3-4-16(20)13-14-5-9-17(10-6-14)21-18-11-7-15(19)8-12-18/h5-12H,2-4,13H2,1H3. The third-order valence-electron chi connectivity index (χ3n) is 3.18. The summed E-state index contributed by atoms with van der Waals surface area (Å²) >= 11 is 5.83. The Balaban J connectivity index is 1.92. The Labute approximate surface area is 130 Å². The molecule has 0 unspecified atom stereocenters. The lowest BCUT2D eigenvalue weighted by atomic mass is 10.1. The largest absolute Gasteiger partial charge is 0.457 e. The summed E-state index contributed by atoms with van der Waals surface area (Å²) < 4.78 is 5.71. The van der Waals surface area contributed by atoms with Gasteiger partial charge in [0.25, 0.3) is 0 Å². The van der Waals surface area contributed by atoms with Crippen molar-refractivity contribution in [2.24, 2.45) is 0 Å². The maximum atomic E-state index is 11.7. The van der Waals surface area contributed by atoms with E-state index in [-0.39, 0.29) is 0 Å². The van der Waals surface area contributed by atoms with E-state index in [0.717, 1.165) is 29.9 Å². The van der Waals surface area contributed by atoms with Crippen LogP contribution in [0.3, 0.4) is 0 Å². The van der Waals surface area contributed by atoms with Crippen molar-refractivity contribution in [3.8, 4) is 11.5 Å². The smallest absolute Gasteiger partial charge is 0.137 e. The minimum Gasteiger partial charge on any atom is -0.457 e. The summed E-state index contributed by atoms with van der Waals surface area (Å²) in [6, 6.07) is 14.9. The highest BCUT2D eigenvalue weighted by molar-refractivity contribution is 6.30. The van der Waals surface area contributed by atoms with E-state index < -0.39 is 0 Å². The lowest BCUT2D eigenvalue weighted by molar-refractivity contribution is -0.118. The molecular weight excluding hydrogens is 284 g/mol. The van der Waals surface area contributed by atoms with Gasteiger partial charge in [-0.2, -0.15) is 0 Å². The van der Waals surface area contributed by atoms with Gasteiger partial charge in [0, 0.05) is 17.9 Å². The zero-order chi connectivity index (χ0) is 15.1. The molecule has 0 aliphatic rings. The average Bonchev–Trinajstić information content (AvgIpc) is 2.49. The minimum absolute atomic E-state index is 0.295. The Morgan fingerprint density at radius 3 is 2.14 bits per heavy atom. The first-order chi connectivity index (χ1) is 10.2. The normalized spacial score (nSPS) is 10.4. The van der Waals surface area contributed by atoms with E-state index in [2.05, 4.69) is 6.92 Å². The van der Waals surface area contributed by atoms with Crippen molar-refractivity contribution in [1.82, 2.24) is 0 Å². The van der Waals surface area contributed by atoms with Gasteiger partial charge in [0.05, 0.1) is 0 Å². The van der Waals surface area contributed by atoms with Crippen LogP contribution in [0.15, 0.2) is 48.5 Å². The van der Waals surface area contributed by atoms with Gasteiger partial charge in [0.15, 0.2) is 0 Å². The molecule has 0 spiro atoms. The molecule has 2 aromatic rings. The Morgan fingerprint density at radius 1 is 1.00 bits per heavy atom. The summed E-state index contributed by atoms with van der Waals surface area (Å²) in [4.78, 5) is 11.7. The predicted octanol–water partition coefficient (Wildman–Crippen LogP) is 5.43. The monoisotopic (exact) mass is 302 g/mol. The molecule has 21 heavy (non-hydrogen) atoms. The summed E-state index contributed by atoms with van der Waals surface area (Å²) in [5.41, 5.74) is 1.03. The van der Waals surface area contributed by atoms with Crippen molar-refractivity contribution in [1.29, 1.82) is 0 Å².